The fourth-order valence-corrected chi connectivity index (χ4v) is 2.10. The molecule has 0 aliphatic carbocycles. The van der Waals surface area contributed by atoms with Crippen molar-refractivity contribution in [2.75, 3.05) is 7.11 Å². The number of phenolic OH excluding ortho intramolecular Hbond substituents is 3. The van der Waals surface area contributed by atoms with E-state index >= 15 is 0 Å². The van der Waals surface area contributed by atoms with Gasteiger partial charge in [0.15, 0.2) is 29.0 Å². The number of hydrogen-bond acceptors (Lipinski definition) is 6. The van der Waals surface area contributed by atoms with Crippen LogP contribution in [0.15, 0.2) is 41.4 Å². The van der Waals surface area contributed by atoms with E-state index in [-0.39, 0.29) is 29.4 Å². The zero-order chi connectivity index (χ0) is 17.7. The van der Waals surface area contributed by atoms with Gasteiger partial charge in [-0.25, -0.2) is 4.79 Å². The molecule has 1 atom stereocenters. The lowest BCUT2D eigenvalue weighted by Gasteiger charge is -2.09. The largest absolute Gasteiger partial charge is 0.504 e. The zero-order valence-electron chi connectivity index (χ0n) is 12.9. The van der Waals surface area contributed by atoms with Crippen molar-refractivity contribution in [3.63, 3.8) is 0 Å². The van der Waals surface area contributed by atoms with Gasteiger partial charge in [0.05, 0.1) is 7.11 Å². The normalized spacial score (nSPS) is 12.2. The molecule has 2 rings (SSSR count). The van der Waals surface area contributed by atoms with Crippen LogP contribution in [-0.4, -0.2) is 45.8 Å². The van der Waals surface area contributed by atoms with Crippen LogP contribution in [0.5, 0.6) is 23.0 Å². The molecule has 0 fully saturated rings. The topological polar surface area (TPSA) is 120 Å². The van der Waals surface area contributed by atoms with Crippen molar-refractivity contribution in [2.45, 2.75) is 12.5 Å². The number of para-hydroxylation sites is 1. The standard InChI is InChI=1S/C17H17NO6/c1-24-15-4-2-3-11(16(15)21)9-18-12(17(22)23)7-10-5-6-13(19)14(20)8-10/h2-6,8-9,12,19-21H,7H2,1H3,(H,22,23)/t12-/m0/s1. The number of ether oxygens (including phenoxy) is 1. The highest BCUT2D eigenvalue weighted by atomic mass is 16.5. The Morgan fingerprint density at radius 1 is 1.21 bits per heavy atom. The Morgan fingerprint density at radius 2 is 1.96 bits per heavy atom. The van der Waals surface area contributed by atoms with E-state index in [0.717, 1.165) is 0 Å². The van der Waals surface area contributed by atoms with Gasteiger partial charge >= 0.3 is 5.97 Å². The summed E-state index contributed by atoms with van der Waals surface area (Å²) in [6.07, 6.45) is 1.28. The van der Waals surface area contributed by atoms with Gasteiger partial charge in [0, 0.05) is 18.2 Å². The summed E-state index contributed by atoms with van der Waals surface area (Å²) in [5.74, 6) is -1.63. The number of carboxylic acids is 1. The third-order valence-corrected chi connectivity index (χ3v) is 3.40. The van der Waals surface area contributed by atoms with Crippen LogP contribution in [0.2, 0.25) is 0 Å². The van der Waals surface area contributed by atoms with Crippen molar-refractivity contribution >= 4 is 12.2 Å². The molecule has 7 nitrogen and oxygen atoms in total. The van der Waals surface area contributed by atoms with E-state index in [1.54, 1.807) is 18.2 Å². The Hall–Kier alpha value is -3.22. The number of aliphatic imine (C=N–C) groups is 1. The average Bonchev–Trinajstić information content (AvgIpc) is 2.55. The van der Waals surface area contributed by atoms with Crippen molar-refractivity contribution in [1.29, 1.82) is 0 Å². The Labute approximate surface area is 138 Å². The lowest BCUT2D eigenvalue weighted by Crippen LogP contribution is -2.21. The average molecular weight is 331 g/mol. The Morgan fingerprint density at radius 3 is 2.58 bits per heavy atom. The van der Waals surface area contributed by atoms with Crippen LogP contribution in [0.4, 0.5) is 0 Å². The number of aromatic hydroxyl groups is 3. The van der Waals surface area contributed by atoms with Gasteiger partial charge in [0.25, 0.3) is 0 Å². The zero-order valence-corrected chi connectivity index (χ0v) is 12.9. The summed E-state index contributed by atoms with van der Waals surface area (Å²) in [5.41, 5.74) is 0.832. The first-order valence-corrected chi connectivity index (χ1v) is 7.05. The van der Waals surface area contributed by atoms with Gasteiger partial charge in [-0.1, -0.05) is 12.1 Å². The highest BCUT2D eigenvalue weighted by Crippen LogP contribution is 2.28. The second kappa shape index (κ2) is 7.36. The summed E-state index contributed by atoms with van der Waals surface area (Å²) in [4.78, 5) is 15.4. The maximum Gasteiger partial charge on any atom is 0.328 e. The highest BCUT2D eigenvalue weighted by molar-refractivity contribution is 5.87. The lowest BCUT2D eigenvalue weighted by molar-refractivity contribution is -0.138. The molecule has 0 amide bonds. The number of methoxy groups -OCH3 is 1. The number of carbonyl (C=O) groups is 1. The number of hydrogen-bond donors (Lipinski definition) is 4. The van der Waals surface area contributed by atoms with Crippen molar-refractivity contribution in [3.05, 3.63) is 47.5 Å². The van der Waals surface area contributed by atoms with Gasteiger partial charge in [-0.05, 0) is 29.8 Å². The number of aliphatic carboxylic acids is 1. The smallest absolute Gasteiger partial charge is 0.328 e. The summed E-state index contributed by atoms with van der Waals surface area (Å²) in [7, 11) is 1.41. The molecule has 0 radical (unpaired) electrons. The first-order chi connectivity index (χ1) is 11.4. The fraction of sp³-hybridized carbons (Fsp3) is 0.176. The molecule has 24 heavy (non-hydrogen) atoms. The van der Waals surface area contributed by atoms with Crippen molar-refractivity contribution < 1.29 is 30.0 Å². The predicted octanol–water partition coefficient (Wildman–Crippen LogP) is 1.93. The molecule has 0 aliphatic heterocycles. The van der Waals surface area contributed by atoms with E-state index in [0.29, 0.717) is 11.1 Å². The van der Waals surface area contributed by atoms with E-state index < -0.39 is 12.0 Å². The second-order valence-electron chi connectivity index (χ2n) is 5.06. The minimum Gasteiger partial charge on any atom is -0.504 e. The molecule has 126 valence electrons. The maximum atomic E-state index is 11.4. The number of benzene rings is 2. The van der Waals surface area contributed by atoms with Gasteiger partial charge in [0.1, 0.15) is 0 Å². The van der Waals surface area contributed by atoms with Gasteiger partial charge < -0.3 is 25.2 Å². The van der Waals surface area contributed by atoms with Gasteiger partial charge in [-0.3, -0.25) is 4.99 Å². The first kappa shape index (κ1) is 17.1. The monoisotopic (exact) mass is 331 g/mol. The van der Waals surface area contributed by atoms with Crippen LogP contribution in [0, 0.1) is 0 Å². The van der Waals surface area contributed by atoms with E-state index in [9.17, 15) is 25.2 Å². The molecule has 2 aromatic carbocycles. The summed E-state index contributed by atoms with van der Waals surface area (Å²) in [6.45, 7) is 0. The third kappa shape index (κ3) is 3.95. The van der Waals surface area contributed by atoms with Gasteiger partial charge in [-0.2, -0.15) is 0 Å². The van der Waals surface area contributed by atoms with Crippen LogP contribution < -0.4 is 4.74 Å². The number of rotatable bonds is 6. The molecule has 7 heteroatoms. The third-order valence-electron chi connectivity index (χ3n) is 3.40. The van der Waals surface area contributed by atoms with E-state index in [1.807, 2.05) is 0 Å². The molecule has 0 unspecified atom stereocenters. The summed E-state index contributed by atoms with van der Waals surface area (Å²) >= 11 is 0. The van der Waals surface area contributed by atoms with Crippen LogP contribution in [0.1, 0.15) is 11.1 Å². The SMILES string of the molecule is COc1cccc(C=N[C@@H](Cc2ccc(O)c(O)c2)C(=O)O)c1O. The molecular formula is C17H17NO6. The maximum absolute atomic E-state index is 11.4. The minimum atomic E-state index is -1.15. The highest BCUT2D eigenvalue weighted by Gasteiger charge is 2.17. The minimum absolute atomic E-state index is 0.0183. The quantitative estimate of drug-likeness (QED) is 0.474. The number of phenols is 3. The van der Waals surface area contributed by atoms with Gasteiger partial charge in [0.2, 0.25) is 0 Å². The molecule has 4 N–H and O–H groups in total. The van der Waals surface area contributed by atoms with E-state index in [2.05, 4.69) is 4.99 Å². The molecule has 0 bridgehead atoms. The first-order valence-electron chi connectivity index (χ1n) is 7.05. The molecule has 0 aromatic heterocycles. The number of nitrogens with zero attached hydrogens (tertiary/aromatic N) is 1. The van der Waals surface area contributed by atoms with Crippen molar-refractivity contribution in [3.8, 4) is 23.0 Å². The second-order valence-corrected chi connectivity index (χ2v) is 5.06. The fourth-order valence-electron chi connectivity index (χ4n) is 2.10. The molecule has 0 saturated heterocycles. The Bertz CT molecular complexity index is 772. The summed E-state index contributed by atoms with van der Waals surface area (Å²) < 4.78 is 4.98. The summed E-state index contributed by atoms with van der Waals surface area (Å²) in [6, 6.07) is 7.75. The molecule has 0 saturated carbocycles. The summed E-state index contributed by atoms with van der Waals surface area (Å²) in [5, 5.41) is 38.0. The van der Waals surface area contributed by atoms with Gasteiger partial charge in [-0.15, -0.1) is 0 Å². The van der Waals surface area contributed by atoms with Crippen molar-refractivity contribution in [1.82, 2.24) is 0 Å². The lowest BCUT2D eigenvalue weighted by atomic mass is 10.1. The Balaban J connectivity index is 2.22. The molecule has 0 spiro atoms. The van der Waals surface area contributed by atoms with Crippen LogP contribution in [0.25, 0.3) is 0 Å². The predicted molar refractivity (Wildman–Crippen MR) is 87.2 cm³/mol. The van der Waals surface area contributed by atoms with Crippen LogP contribution >= 0.6 is 0 Å². The Kier molecular flexibility index (Phi) is 5.26. The molecular weight excluding hydrogens is 314 g/mol. The molecule has 0 heterocycles. The van der Waals surface area contributed by atoms with E-state index in [1.165, 1.54) is 31.5 Å². The van der Waals surface area contributed by atoms with Crippen LogP contribution in [-0.2, 0) is 11.2 Å². The van der Waals surface area contributed by atoms with Crippen molar-refractivity contribution in [2.24, 2.45) is 4.99 Å². The number of carboxylic acid groups (broad SMARTS) is 1. The van der Waals surface area contributed by atoms with Crippen LogP contribution in [0.3, 0.4) is 0 Å². The van der Waals surface area contributed by atoms with E-state index in [4.69, 9.17) is 4.74 Å². The molecule has 0 aliphatic rings. The molecule has 2 aromatic rings.